The van der Waals surface area contributed by atoms with Crippen LogP contribution in [-0.2, 0) is 4.43 Å². The molecular weight excluding hydrogens is 208 g/mol. The van der Waals surface area contributed by atoms with Gasteiger partial charge >= 0.3 is 0 Å². The van der Waals surface area contributed by atoms with Gasteiger partial charge in [-0.3, -0.25) is 0 Å². The van der Waals surface area contributed by atoms with Gasteiger partial charge in [-0.25, -0.2) is 0 Å². The van der Waals surface area contributed by atoms with Crippen molar-refractivity contribution in [2.24, 2.45) is 0 Å². The van der Waals surface area contributed by atoms with Crippen molar-refractivity contribution in [2.75, 3.05) is 7.11 Å². The summed E-state index contributed by atoms with van der Waals surface area (Å²) < 4.78 is 5.61. The molecule has 0 amide bonds. The Labute approximate surface area is 87.6 Å². The summed E-state index contributed by atoms with van der Waals surface area (Å²) in [4.78, 5) is 0. The summed E-state index contributed by atoms with van der Waals surface area (Å²) in [5.41, 5.74) is 3.03. The van der Waals surface area contributed by atoms with E-state index in [-0.39, 0.29) is 0 Å². The van der Waals surface area contributed by atoms with Gasteiger partial charge in [-0.2, -0.15) is 0 Å². The van der Waals surface area contributed by atoms with Gasteiger partial charge in [-0.1, -0.05) is 31.9 Å². The first-order valence-corrected chi connectivity index (χ1v) is 14.8. The molecule has 0 aliphatic rings. The summed E-state index contributed by atoms with van der Waals surface area (Å²) in [6.07, 6.45) is 0. The molecule has 13 heavy (non-hydrogen) atoms. The zero-order valence-electron chi connectivity index (χ0n) is 10.4. The van der Waals surface area contributed by atoms with Crippen LogP contribution in [0.3, 0.4) is 0 Å². The second-order valence-electron chi connectivity index (χ2n) is 6.04. The van der Waals surface area contributed by atoms with E-state index in [1.807, 2.05) is 7.11 Å². The number of hydrogen-bond acceptors (Lipinski definition) is 1. The number of rotatable bonds is 5. The maximum atomic E-state index is 5.61. The second-order valence-corrected chi connectivity index (χ2v) is 20.6. The van der Waals surface area contributed by atoms with Crippen molar-refractivity contribution >= 4 is 25.2 Å². The molecule has 0 radical (unpaired) electrons. The minimum absolute atomic E-state index is 0.471. The lowest BCUT2D eigenvalue weighted by Crippen LogP contribution is -2.37. The molecule has 0 fully saturated rings. The van der Waals surface area contributed by atoms with Gasteiger partial charge in [0.25, 0.3) is 0 Å². The first-order chi connectivity index (χ1) is 5.66. The molecule has 0 aliphatic heterocycles. The molecule has 0 aromatic rings. The Bertz CT molecular complexity index is 151. The summed E-state index contributed by atoms with van der Waals surface area (Å²) in [6.45, 7) is 14.7. The molecule has 0 bridgehead atoms. The maximum absolute atomic E-state index is 5.61. The zero-order chi connectivity index (χ0) is 10.7. The van der Waals surface area contributed by atoms with Gasteiger partial charge in [0, 0.05) is 24.0 Å². The molecule has 0 aromatic heterocycles. The maximum Gasteiger partial charge on any atom is 0.183 e. The summed E-state index contributed by atoms with van der Waals surface area (Å²) in [5, 5.41) is 0. The lowest BCUT2D eigenvalue weighted by atomic mass is 11.7. The van der Waals surface area contributed by atoms with Crippen LogP contribution in [0.2, 0.25) is 50.6 Å². The van der Waals surface area contributed by atoms with Crippen molar-refractivity contribution in [3.05, 3.63) is 0 Å². The second kappa shape index (κ2) is 4.91. The van der Waals surface area contributed by atoms with Crippen LogP contribution in [0.15, 0.2) is 0 Å². The number of hydrogen-bond donors (Lipinski definition) is 0. The Morgan fingerprint density at radius 3 is 1.77 bits per heavy atom. The molecule has 0 heterocycles. The highest BCUT2D eigenvalue weighted by atomic mass is 28.4. The Kier molecular flexibility index (Phi) is 5.14. The van der Waals surface area contributed by atoms with Crippen molar-refractivity contribution in [1.29, 1.82) is 0 Å². The minimum Gasteiger partial charge on any atom is -0.421 e. The molecular formula is C9H26OSi3. The van der Waals surface area contributed by atoms with E-state index < -0.39 is 25.2 Å². The third kappa shape index (κ3) is 7.66. The molecule has 1 atom stereocenters. The fourth-order valence-electron chi connectivity index (χ4n) is 2.04. The highest BCUT2D eigenvalue weighted by Gasteiger charge is 2.27. The fraction of sp³-hybridized carbons (Fsp3) is 1.00. The summed E-state index contributed by atoms with van der Waals surface area (Å²) in [5.74, 6) is 0. The normalized spacial score (nSPS) is 15.9. The van der Waals surface area contributed by atoms with E-state index in [1.165, 1.54) is 5.67 Å². The first kappa shape index (κ1) is 13.6. The molecule has 0 saturated carbocycles. The highest BCUT2D eigenvalue weighted by molar-refractivity contribution is 6.93. The molecule has 0 spiro atoms. The molecule has 1 unspecified atom stereocenters. The van der Waals surface area contributed by atoms with Crippen LogP contribution in [0.1, 0.15) is 0 Å². The van der Waals surface area contributed by atoms with Crippen LogP contribution in [0.5, 0.6) is 0 Å². The largest absolute Gasteiger partial charge is 0.421 e. The first-order valence-electron chi connectivity index (χ1n) is 5.21. The van der Waals surface area contributed by atoms with Crippen LogP contribution in [0.4, 0.5) is 0 Å². The predicted octanol–water partition coefficient (Wildman–Crippen LogP) is 3.11. The quantitative estimate of drug-likeness (QED) is 0.664. The van der Waals surface area contributed by atoms with Gasteiger partial charge in [0.15, 0.2) is 8.32 Å². The van der Waals surface area contributed by atoms with Gasteiger partial charge in [0.1, 0.15) is 0 Å². The SMILES string of the molecule is CO[Si](C)(C)C[SiH](C)C[Si](C)(C)C. The van der Waals surface area contributed by atoms with E-state index in [2.05, 4.69) is 39.3 Å². The lowest BCUT2D eigenvalue weighted by molar-refractivity contribution is 0.408. The molecule has 0 N–H and O–H groups in total. The average Bonchev–Trinajstić information content (AvgIpc) is 1.81. The fourth-order valence-corrected chi connectivity index (χ4v) is 19.7. The monoisotopic (exact) mass is 234 g/mol. The van der Waals surface area contributed by atoms with E-state index in [0.29, 0.717) is 0 Å². The third-order valence-electron chi connectivity index (χ3n) is 2.35. The van der Waals surface area contributed by atoms with Crippen LogP contribution in [-0.4, -0.2) is 32.3 Å². The lowest BCUT2D eigenvalue weighted by Gasteiger charge is -2.27. The summed E-state index contributed by atoms with van der Waals surface area (Å²) in [7, 11) is -0.641. The van der Waals surface area contributed by atoms with E-state index in [1.54, 1.807) is 5.67 Å². The van der Waals surface area contributed by atoms with Crippen LogP contribution in [0.25, 0.3) is 0 Å². The molecule has 0 rings (SSSR count). The van der Waals surface area contributed by atoms with Crippen LogP contribution >= 0.6 is 0 Å². The Hall–Kier alpha value is 0.611. The van der Waals surface area contributed by atoms with Crippen LogP contribution < -0.4 is 0 Å². The van der Waals surface area contributed by atoms with Gasteiger partial charge in [0.05, 0.1) is 0 Å². The van der Waals surface area contributed by atoms with Crippen molar-refractivity contribution < 1.29 is 4.43 Å². The van der Waals surface area contributed by atoms with E-state index >= 15 is 0 Å². The van der Waals surface area contributed by atoms with Crippen molar-refractivity contribution in [2.45, 2.75) is 50.6 Å². The minimum atomic E-state index is -1.26. The average molecular weight is 235 g/mol. The topological polar surface area (TPSA) is 9.23 Å². The van der Waals surface area contributed by atoms with Gasteiger partial charge < -0.3 is 4.43 Å². The van der Waals surface area contributed by atoms with E-state index in [0.717, 1.165) is 0 Å². The summed E-state index contributed by atoms with van der Waals surface area (Å²) >= 11 is 0. The van der Waals surface area contributed by atoms with Crippen molar-refractivity contribution in [3.8, 4) is 0 Å². The molecule has 0 aromatic carbocycles. The van der Waals surface area contributed by atoms with Gasteiger partial charge in [0.2, 0.25) is 0 Å². The third-order valence-corrected chi connectivity index (χ3v) is 17.9. The molecule has 1 nitrogen and oxygen atoms in total. The Balaban J connectivity index is 3.94. The smallest absolute Gasteiger partial charge is 0.183 e. The molecule has 80 valence electrons. The van der Waals surface area contributed by atoms with Crippen LogP contribution in [0, 0.1) is 0 Å². The molecule has 4 heteroatoms. The van der Waals surface area contributed by atoms with Gasteiger partial charge in [-0.15, -0.1) is 0 Å². The standard InChI is InChI=1S/C9H26OSi3/c1-10-13(6,7)9-11(2)8-12(3,4)5/h11H,8-9H2,1-7H3. The zero-order valence-corrected chi connectivity index (χ0v) is 13.6. The Morgan fingerprint density at radius 1 is 1.00 bits per heavy atom. The van der Waals surface area contributed by atoms with E-state index in [9.17, 15) is 0 Å². The van der Waals surface area contributed by atoms with Crippen molar-refractivity contribution in [3.63, 3.8) is 0 Å². The summed E-state index contributed by atoms with van der Waals surface area (Å²) in [6, 6.07) is 0. The molecule has 0 aliphatic carbocycles. The highest BCUT2D eigenvalue weighted by Crippen LogP contribution is 2.19. The molecule has 0 saturated heterocycles. The van der Waals surface area contributed by atoms with E-state index in [4.69, 9.17) is 4.43 Å². The van der Waals surface area contributed by atoms with Crippen molar-refractivity contribution in [1.82, 2.24) is 0 Å². The predicted molar refractivity (Wildman–Crippen MR) is 70.5 cm³/mol. The van der Waals surface area contributed by atoms with Gasteiger partial charge in [-0.05, 0) is 18.8 Å². The Morgan fingerprint density at radius 2 is 1.46 bits per heavy atom.